The highest BCUT2D eigenvalue weighted by molar-refractivity contribution is 5.97. The normalized spacial score (nSPS) is 13.1. The Kier molecular flexibility index (Phi) is 8.05. The number of urea groups is 1. The number of nitrogens with zero attached hydrogens (tertiary/aromatic N) is 2. The number of carbonyl (C=O) groups is 3. The van der Waals surface area contributed by atoms with E-state index in [9.17, 15) is 23.2 Å². The number of carbonyl (C=O) groups excluding carboxylic acids is 3. The van der Waals surface area contributed by atoms with Crippen LogP contribution >= 0.6 is 0 Å². The van der Waals surface area contributed by atoms with Crippen LogP contribution in [-0.4, -0.2) is 60.9 Å². The Morgan fingerprint density at radius 3 is 2.29 bits per heavy atom. The third-order valence-corrected chi connectivity index (χ3v) is 6.08. The van der Waals surface area contributed by atoms with Gasteiger partial charge in [0, 0.05) is 26.2 Å². The zero-order valence-corrected chi connectivity index (χ0v) is 20.6. The third-order valence-electron chi connectivity index (χ3n) is 6.08. The average Bonchev–Trinajstić information content (AvgIpc) is 2.93. The largest absolute Gasteiger partial charge is 0.493 e. The van der Waals surface area contributed by atoms with Gasteiger partial charge in [-0.05, 0) is 42.0 Å². The Labute approximate surface area is 217 Å². The second-order valence-electron chi connectivity index (χ2n) is 8.49. The van der Waals surface area contributed by atoms with E-state index in [4.69, 9.17) is 15.2 Å². The van der Waals surface area contributed by atoms with Gasteiger partial charge in [0.1, 0.15) is 18.2 Å². The van der Waals surface area contributed by atoms with Crippen LogP contribution in [-0.2, 0) is 6.61 Å². The minimum atomic E-state index is -0.700. The summed E-state index contributed by atoms with van der Waals surface area (Å²) in [6, 6.07) is 14.1. The Bertz CT molecular complexity index is 1360. The Hall–Kier alpha value is -4.67. The number of anilines is 1. The van der Waals surface area contributed by atoms with Crippen molar-refractivity contribution < 1.29 is 32.6 Å². The van der Waals surface area contributed by atoms with Gasteiger partial charge in [0.25, 0.3) is 11.8 Å². The van der Waals surface area contributed by atoms with Crippen molar-refractivity contribution in [2.75, 3.05) is 38.6 Å². The molecule has 0 aromatic heterocycles. The first kappa shape index (κ1) is 26.4. The highest BCUT2D eigenvalue weighted by atomic mass is 19.1. The molecule has 1 heterocycles. The van der Waals surface area contributed by atoms with Gasteiger partial charge in [-0.25, -0.2) is 13.6 Å². The molecule has 1 aliphatic heterocycles. The van der Waals surface area contributed by atoms with Gasteiger partial charge in [-0.2, -0.15) is 0 Å². The van der Waals surface area contributed by atoms with Crippen LogP contribution in [0.4, 0.5) is 19.3 Å². The first-order valence-corrected chi connectivity index (χ1v) is 11.8. The van der Waals surface area contributed by atoms with Crippen LogP contribution in [0.1, 0.15) is 26.3 Å². The number of amides is 4. The minimum absolute atomic E-state index is 0.0631. The molecule has 11 heteroatoms. The molecule has 4 rings (SSSR count). The summed E-state index contributed by atoms with van der Waals surface area (Å²) in [6.45, 7) is 0.658. The fourth-order valence-corrected chi connectivity index (χ4v) is 4.04. The first-order chi connectivity index (χ1) is 18.3. The molecule has 4 amide bonds. The fourth-order valence-electron chi connectivity index (χ4n) is 4.04. The van der Waals surface area contributed by atoms with Crippen LogP contribution in [0.3, 0.4) is 0 Å². The van der Waals surface area contributed by atoms with Gasteiger partial charge < -0.3 is 30.3 Å². The van der Waals surface area contributed by atoms with Crippen molar-refractivity contribution in [2.24, 2.45) is 5.73 Å². The highest BCUT2D eigenvalue weighted by Gasteiger charge is 2.27. The first-order valence-electron chi connectivity index (χ1n) is 11.8. The zero-order valence-electron chi connectivity index (χ0n) is 20.6. The smallest absolute Gasteiger partial charge is 0.322 e. The number of piperazine rings is 1. The van der Waals surface area contributed by atoms with Gasteiger partial charge in [-0.3, -0.25) is 9.59 Å². The maximum Gasteiger partial charge on any atom is 0.322 e. The van der Waals surface area contributed by atoms with Crippen molar-refractivity contribution in [3.8, 4) is 11.5 Å². The quantitative estimate of drug-likeness (QED) is 0.490. The van der Waals surface area contributed by atoms with Crippen LogP contribution in [0.5, 0.6) is 11.5 Å². The molecular weight excluding hydrogens is 498 g/mol. The van der Waals surface area contributed by atoms with E-state index in [1.165, 1.54) is 59.4 Å². The number of halogens is 2. The summed E-state index contributed by atoms with van der Waals surface area (Å²) in [4.78, 5) is 40.3. The molecule has 38 heavy (non-hydrogen) atoms. The Morgan fingerprint density at radius 2 is 1.61 bits per heavy atom. The van der Waals surface area contributed by atoms with E-state index in [-0.39, 0.29) is 55.3 Å². The molecule has 0 spiro atoms. The molecule has 198 valence electrons. The van der Waals surface area contributed by atoms with Gasteiger partial charge >= 0.3 is 6.03 Å². The van der Waals surface area contributed by atoms with E-state index in [1.807, 2.05) is 0 Å². The number of nitrogens with two attached hydrogens (primary N) is 1. The summed E-state index contributed by atoms with van der Waals surface area (Å²) in [5.41, 5.74) is 5.95. The number of methoxy groups -OCH3 is 1. The number of hydrogen-bond donors (Lipinski definition) is 2. The van der Waals surface area contributed by atoms with E-state index in [2.05, 4.69) is 5.32 Å². The average molecular weight is 525 g/mol. The number of nitrogens with one attached hydrogen (secondary N) is 1. The van der Waals surface area contributed by atoms with Crippen molar-refractivity contribution in [3.05, 3.63) is 89.0 Å². The molecule has 0 unspecified atom stereocenters. The molecule has 0 aliphatic carbocycles. The van der Waals surface area contributed by atoms with Crippen molar-refractivity contribution in [2.45, 2.75) is 6.61 Å². The van der Waals surface area contributed by atoms with Gasteiger partial charge in [0.15, 0.2) is 11.5 Å². The molecule has 0 saturated carbocycles. The molecule has 3 N–H and O–H groups in total. The standard InChI is InChI=1S/C27H26F2N4O5/c1-37-23-8-4-5-18(25(30)34)24(23)38-16-17-9-10-20(28)19(15-17)26(35)32-11-13-33(14-12-32)27(36)31-22-7-3-2-6-21(22)29/h2-10,15H,11-14,16H2,1H3,(H2,30,34)(H,31,36). The topological polar surface area (TPSA) is 114 Å². The van der Waals surface area contributed by atoms with Crippen LogP contribution in [0, 0.1) is 11.6 Å². The van der Waals surface area contributed by atoms with Gasteiger partial charge in [-0.1, -0.05) is 24.3 Å². The molecule has 1 aliphatic rings. The second-order valence-corrected chi connectivity index (χ2v) is 8.49. The monoisotopic (exact) mass is 524 g/mol. The third kappa shape index (κ3) is 5.83. The summed E-state index contributed by atoms with van der Waals surface area (Å²) >= 11 is 0. The predicted molar refractivity (Wildman–Crippen MR) is 135 cm³/mol. The zero-order chi connectivity index (χ0) is 27.2. The second kappa shape index (κ2) is 11.6. The van der Waals surface area contributed by atoms with E-state index in [1.54, 1.807) is 18.2 Å². The fraction of sp³-hybridized carbons (Fsp3) is 0.222. The van der Waals surface area contributed by atoms with Crippen molar-refractivity contribution in [1.82, 2.24) is 9.80 Å². The number of benzene rings is 3. The number of ether oxygens (including phenoxy) is 2. The molecule has 0 radical (unpaired) electrons. The van der Waals surface area contributed by atoms with Gasteiger partial charge in [0.2, 0.25) is 0 Å². The van der Waals surface area contributed by atoms with Crippen LogP contribution in [0.25, 0.3) is 0 Å². The Balaban J connectivity index is 1.40. The number of rotatable bonds is 7. The molecule has 0 atom stereocenters. The van der Waals surface area contributed by atoms with Crippen LogP contribution in [0.15, 0.2) is 60.7 Å². The summed E-state index contributed by atoms with van der Waals surface area (Å²) < 4.78 is 39.5. The Morgan fingerprint density at radius 1 is 0.895 bits per heavy atom. The summed E-state index contributed by atoms with van der Waals surface area (Å²) in [6.07, 6.45) is 0. The van der Waals surface area contributed by atoms with E-state index in [0.29, 0.717) is 11.3 Å². The maximum atomic E-state index is 14.6. The number of primary amides is 1. The predicted octanol–water partition coefficient (Wildman–Crippen LogP) is 3.64. The number of hydrogen-bond acceptors (Lipinski definition) is 5. The molecule has 1 fully saturated rings. The van der Waals surface area contributed by atoms with Crippen molar-refractivity contribution in [1.29, 1.82) is 0 Å². The number of para-hydroxylation sites is 2. The molecular formula is C27H26F2N4O5. The van der Waals surface area contributed by atoms with Crippen LogP contribution < -0.4 is 20.5 Å². The summed E-state index contributed by atoms with van der Waals surface area (Å²) in [7, 11) is 1.42. The molecule has 3 aromatic rings. The molecule has 1 saturated heterocycles. The highest BCUT2D eigenvalue weighted by Crippen LogP contribution is 2.31. The lowest BCUT2D eigenvalue weighted by Gasteiger charge is -2.34. The maximum absolute atomic E-state index is 14.6. The lowest BCUT2D eigenvalue weighted by molar-refractivity contribution is 0.0666. The molecule has 9 nitrogen and oxygen atoms in total. The van der Waals surface area contributed by atoms with Crippen molar-refractivity contribution in [3.63, 3.8) is 0 Å². The van der Waals surface area contributed by atoms with Gasteiger partial charge in [-0.15, -0.1) is 0 Å². The van der Waals surface area contributed by atoms with Crippen LogP contribution in [0.2, 0.25) is 0 Å². The minimum Gasteiger partial charge on any atom is -0.493 e. The van der Waals surface area contributed by atoms with Gasteiger partial charge in [0.05, 0.1) is 23.9 Å². The van der Waals surface area contributed by atoms with Crippen molar-refractivity contribution >= 4 is 23.5 Å². The summed E-state index contributed by atoms with van der Waals surface area (Å²) in [5, 5.41) is 2.52. The summed E-state index contributed by atoms with van der Waals surface area (Å²) in [5.74, 6) is -2.04. The lowest BCUT2D eigenvalue weighted by Crippen LogP contribution is -2.51. The molecule has 0 bridgehead atoms. The van der Waals surface area contributed by atoms with E-state index >= 15 is 0 Å². The SMILES string of the molecule is COc1cccc(C(N)=O)c1OCc1ccc(F)c(C(=O)N2CCN(C(=O)Nc3ccccc3F)CC2)c1. The lowest BCUT2D eigenvalue weighted by atomic mass is 10.1. The molecule has 3 aromatic carbocycles. The van der Waals surface area contributed by atoms with E-state index in [0.717, 1.165) is 0 Å². The van der Waals surface area contributed by atoms with E-state index < -0.39 is 29.5 Å².